The first-order chi connectivity index (χ1) is 11.3. The fourth-order valence-electron chi connectivity index (χ4n) is 2.66. The van der Waals surface area contributed by atoms with Gasteiger partial charge in [0.15, 0.2) is 11.5 Å². The Balaban J connectivity index is 1.53. The molecule has 0 fully saturated rings. The van der Waals surface area contributed by atoms with E-state index >= 15 is 0 Å². The summed E-state index contributed by atoms with van der Waals surface area (Å²) in [5.41, 5.74) is 1.07. The lowest BCUT2D eigenvalue weighted by Crippen LogP contribution is -2.30. The summed E-state index contributed by atoms with van der Waals surface area (Å²) >= 11 is 1.75. The number of carbonyl (C=O) groups excluding carboxylic acids is 1. The van der Waals surface area contributed by atoms with Crippen LogP contribution in [0.3, 0.4) is 0 Å². The predicted molar refractivity (Wildman–Crippen MR) is 90.9 cm³/mol. The van der Waals surface area contributed by atoms with Crippen molar-refractivity contribution in [2.75, 3.05) is 13.3 Å². The van der Waals surface area contributed by atoms with Gasteiger partial charge in [0, 0.05) is 24.4 Å². The minimum absolute atomic E-state index is 0.210. The van der Waals surface area contributed by atoms with E-state index in [2.05, 4.69) is 17.5 Å². The van der Waals surface area contributed by atoms with Crippen molar-refractivity contribution in [2.24, 2.45) is 0 Å². The fourth-order valence-corrected chi connectivity index (χ4v) is 3.41. The van der Waals surface area contributed by atoms with Gasteiger partial charge in [-0.1, -0.05) is 12.1 Å². The standard InChI is InChI=1S/C18H21NO3S/c1-2-19(18(20)7-3-5-15-6-4-10-23-15)12-14-8-9-16-17(11-14)22-13-21-16/h4,6,8-11H,2-3,5,7,12-13H2,1H3. The van der Waals surface area contributed by atoms with Crippen molar-refractivity contribution in [3.05, 3.63) is 46.2 Å². The number of thiophene rings is 1. The molecule has 2 heterocycles. The number of amides is 1. The number of aryl methyl sites for hydroxylation is 1. The molecule has 0 radical (unpaired) electrons. The molecule has 0 atom stereocenters. The van der Waals surface area contributed by atoms with Crippen LogP contribution in [0.4, 0.5) is 0 Å². The second-order valence-corrected chi connectivity index (χ2v) is 6.56. The average Bonchev–Trinajstić information content (AvgIpc) is 3.23. The number of nitrogens with zero attached hydrogens (tertiary/aromatic N) is 1. The molecular formula is C18H21NO3S. The van der Waals surface area contributed by atoms with Gasteiger partial charge in [0.05, 0.1) is 0 Å². The first-order valence-electron chi connectivity index (χ1n) is 7.95. The highest BCUT2D eigenvalue weighted by atomic mass is 32.1. The van der Waals surface area contributed by atoms with Gasteiger partial charge in [-0.2, -0.15) is 0 Å². The maximum absolute atomic E-state index is 12.4. The van der Waals surface area contributed by atoms with Crippen LogP contribution >= 0.6 is 11.3 Å². The fraction of sp³-hybridized carbons (Fsp3) is 0.389. The third kappa shape index (κ3) is 4.05. The molecule has 0 saturated carbocycles. The van der Waals surface area contributed by atoms with Crippen LogP contribution in [0.2, 0.25) is 0 Å². The molecule has 122 valence electrons. The molecule has 1 aromatic heterocycles. The number of ether oxygens (including phenoxy) is 2. The Morgan fingerprint density at radius 3 is 2.91 bits per heavy atom. The van der Waals surface area contributed by atoms with Gasteiger partial charge in [0.1, 0.15) is 0 Å². The minimum Gasteiger partial charge on any atom is -0.454 e. The summed E-state index contributed by atoms with van der Waals surface area (Å²) in [5, 5.41) is 2.08. The van der Waals surface area contributed by atoms with E-state index in [9.17, 15) is 4.79 Å². The van der Waals surface area contributed by atoms with E-state index in [0.717, 1.165) is 29.9 Å². The molecule has 1 amide bonds. The summed E-state index contributed by atoms with van der Waals surface area (Å²) in [6.07, 6.45) is 2.47. The Kier molecular flexibility index (Phi) is 5.18. The zero-order chi connectivity index (χ0) is 16.1. The van der Waals surface area contributed by atoms with Crippen molar-refractivity contribution in [1.82, 2.24) is 4.90 Å². The van der Waals surface area contributed by atoms with E-state index in [1.165, 1.54) is 4.88 Å². The number of benzene rings is 1. The molecule has 0 spiro atoms. The third-order valence-electron chi connectivity index (χ3n) is 3.94. The highest BCUT2D eigenvalue weighted by Crippen LogP contribution is 2.32. The lowest BCUT2D eigenvalue weighted by Gasteiger charge is -2.21. The minimum atomic E-state index is 0.210. The molecule has 23 heavy (non-hydrogen) atoms. The monoisotopic (exact) mass is 331 g/mol. The largest absolute Gasteiger partial charge is 0.454 e. The SMILES string of the molecule is CCN(Cc1ccc2c(c1)OCO2)C(=O)CCCc1cccs1. The molecular weight excluding hydrogens is 310 g/mol. The van der Waals surface area contributed by atoms with Crippen LogP contribution in [0, 0.1) is 0 Å². The lowest BCUT2D eigenvalue weighted by atomic mass is 10.1. The topological polar surface area (TPSA) is 38.8 Å². The van der Waals surface area contributed by atoms with Gasteiger partial charge in [-0.15, -0.1) is 11.3 Å². The highest BCUT2D eigenvalue weighted by Gasteiger charge is 2.16. The third-order valence-corrected chi connectivity index (χ3v) is 4.87. The van der Waals surface area contributed by atoms with E-state index in [4.69, 9.17) is 9.47 Å². The zero-order valence-electron chi connectivity index (χ0n) is 13.3. The molecule has 0 bridgehead atoms. The molecule has 0 N–H and O–H groups in total. The van der Waals surface area contributed by atoms with Crippen LogP contribution < -0.4 is 9.47 Å². The van der Waals surface area contributed by atoms with Gasteiger partial charge in [0.25, 0.3) is 0 Å². The Morgan fingerprint density at radius 1 is 1.26 bits per heavy atom. The van der Waals surface area contributed by atoms with E-state index < -0.39 is 0 Å². The second-order valence-electron chi connectivity index (χ2n) is 5.53. The summed E-state index contributed by atoms with van der Waals surface area (Å²) < 4.78 is 10.7. The van der Waals surface area contributed by atoms with E-state index in [-0.39, 0.29) is 12.7 Å². The van der Waals surface area contributed by atoms with Crippen molar-refractivity contribution < 1.29 is 14.3 Å². The van der Waals surface area contributed by atoms with Crippen molar-refractivity contribution in [2.45, 2.75) is 32.7 Å². The number of rotatable bonds is 7. The van der Waals surface area contributed by atoms with Crippen LogP contribution in [0.1, 0.15) is 30.2 Å². The maximum atomic E-state index is 12.4. The normalized spacial score (nSPS) is 12.4. The molecule has 3 rings (SSSR count). The van der Waals surface area contributed by atoms with Crippen molar-refractivity contribution >= 4 is 17.2 Å². The number of fused-ring (bicyclic) bond motifs is 1. The smallest absolute Gasteiger partial charge is 0.231 e. The van der Waals surface area contributed by atoms with Gasteiger partial charge in [-0.05, 0) is 48.9 Å². The van der Waals surface area contributed by atoms with E-state index in [1.807, 2.05) is 30.0 Å². The van der Waals surface area contributed by atoms with Gasteiger partial charge in [0.2, 0.25) is 12.7 Å². The Hall–Kier alpha value is -2.01. The summed E-state index contributed by atoms with van der Waals surface area (Å²) in [6, 6.07) is 10.0. The molecule has 0 saturated heterocycles. The lowest BCUT2D eigenvalue weighted by molar-refractivity contribution is -0.131. The first kappa shape index (κ1) is 15.9. The molecule has 4 nitrogen and oxygen atoms in total. The number of carbonyl (C=O) groups is 1. The van der Waals surface area contributed by atoms with Crippen LogP contribution in [-0.4, -0.2) is 24.1 Å². The summed E-state index contributed by atoms with van der Waals surface area (Å²) in [5.74, 6) is 1.75. The first-order valence-corrected chi connectivity index (χ1v) is 8.83. The molecule has 2 aromatic rings. The zero-order valence-corrected chi connectivity index (χ0v) is 14.1. The highest BCUT2D eigenvalue weighted by molar-refractivity contribution is 7.09. The van der Waals surface area contributed by atoms with Crippen molar-refractivity contribution in [3.63, 3.8) is 0 Å². The molecule has 5 heteroatoms. The summed E-state index contributed by atoms with van der Waals surface area (Å²) in [7, 11) is 0. The van der Waals surface area contributed by atoms with E-state index in [0.29, 0.717) is 19.5 Å². The quantitative estimate of drug-likeness (QED) is 0.773. The predicted octanol–water partition coefficient (Wildman–Crippen LogP) is 3.85. The Morgan fingerprint density at radius 2 is 2.13 bits per heavy atom. The van der Waals surface area contributed by atoms with E-state index in [1.54, 1.807) is 11.3 Å². The van der Waals surface area contributed by atoms with Crippen molar-refractivity contribution in [3.8, 4) is 11.5 Å². The number of hydrogen-bond donors (Lipinski definition) is 0. The molecule has 1 aliphatic rings. The van der Waals surface area contributed by atoms with Crippen LogP contribution in [0.25, 0.3) is 0 Å². The molecule has 1 aromatic carbocycles. The molecule has 1 aliphatic heterocycles. The number of hydrogen-bond acceptors (Lipinski definition) is 4. The van der Waals surface area contributed by atoms with Crippen molar-refractivity contribution in [1.29, 1.82) is 0 Å². The second kappa shape index (κ2) is 7.51. The maximum Gasteiger partial charge on any atom is 0.231 e. The molecule has 0 aliphatic carbocycles. The summed E-state index contributed by atoms with van der Waals surface area (Å²) in [4.78, 5) is 15.7. The van der Waals surface area contributed by atoms with Crippen LogP contribution in [0.5, 0.6) is 11.5 Å². The van der Waals surface area contributed by atoms with Gasteiger partial charge < -0.3 is 14.4 Å². The molecule has 0 unspecified atom stereocenters. The van der Waals surface area contributed by atoms with Gasteiger partial charge in [-0.3, -0.25) is 4.79 Å². The van der Waals surface area contributed by atoms with Crippen LogP contribution in [-0.2, 0) is 17.8 Å². The Bertz CT molecular complexity index is 654. The summed E-state index contributed by atoms with van der Waals surface area (Å²) in [6.45, 7) is 3.62. The van der Waals surface area contributed by atoms with Gasteiger partial charge >= 0.3 is 0 Å². The van der Waals surface area contributed by atoms with Gasteiger partial charge in [-0.25, -0.2) is 0 Å². The average molecular weight is 331 g/mol. The Labute approximate surface area is 140 Å². The van der Waals surface area contributed by atoms with Crippen LogP contribution in [0.15, 0.2) is 35.7 Å².